The summed E-state index contributed by atoms with van der Waals surface area (Å²) in [6.45, 7) is 5.59. The van der Waals surface area contributed by atoms with Crippen molar-refractivity contribution in [3.8, 4) is 11.1 Å². The average molecular weight is 279 g/mol. The molecule has 0 saturated carbocycles. The predicted octanol–water partition coefficient (Wildman–Crippen LogP) is 4.92. The third-order valence-corrected chi connectivity index (χ3v) is 3.12. The minimum absolute atomic E-state index is 0.653. The van der Waals surface area contributed by atoms with E-state index in [-0.39, 0.29) is 0 Å². The number of aryl methyl sites for hydroxylation is 1. The molecule has 0 unspecified atom stereocenters. The van der Waals surface area contributed by atoms with Crippen molar-refractivity contribution in [2.24, 2.45) is 0 Å². The third kappa shape index (κ3) is 2.66. The van der Waals surface area contributed by atoms with E-state index in [9.17, 15) is 0 Å². The number of hydrogen-bond donors (Lipinski definition) is 1. The van der Waals surface area contributed by atoms with E-state index in [4.69, 9.17) is 23.2 Å². The second kappa shape index (κ2) is 5.42. The SMILES string of the molecule is C=CNc1ncc(-c2cc(Cl)ccc2Cl)cc1C. The zero-order valence-corrected chi connectivity index (χ0v) is 11.4. The Balaban J connectivity index is 2.48. The Labute approximate surface area is 116 Å². The van der Waals surface area contributed by atoms with Crippen LogP contribution >= 0.6 is 23.2 Å². The minimum atomic E-state index is 0.653. The van der Waals surface area contributed by atoms with Crippen LogP contribution in [-0.2, 0) is 0 Å². The molecule has 0 radical (unpaired) electrons. The van der Waals surface area contributed by atoms with E-state index in [0.717, 1.165) is 22.5 Å². The Hall–Kier alpha value is -1.51. The molecule has 0 amide bonds. The second-order valence-electron chi connectivity index (χ2n) is 3.86. The van der Waals surface area contributed by atoms with Gasteiger partial charge >= 0.3 is 0 Å². The fraction of sp³-hybridized carbons (Fsp3) is 0.0714. The van der Waals surface area contributed by atoms with Crippen molar-refractivity contribution in [2.75, 3.05) is 5.32 Å². The van der Waals surface area contributed by atoms with Gasteiger partial charge in [-0.15, -0.1) is 0 Å². The lowest BCUT2D eigenvalue weighted by Crippen LogP contribution is -1.94. The molecule has 1 aromatic carbocycles. The van der Waals surface area contributed by atoms with Crippen LogP contribution in [0.15, 0.2) is 43.2 Å². The third-order valence-electron chi connectivity index (χ3n) is 2.56. The fourth-order valence-corrected chi connectivity index (χ4v) is 2.09. The van der Waals surface area contributed by atoms with Crippen molar-refractivity contribution in [1.82, 2.24) is 4.98 Å². The molecule has 1 aromatic heterocycles. The van der Waals surface area contributed by atoms with Gasteiger partial charge in [0.05, 0.1) is 0 Å². The number of halogens is 2. The first-order chi connectivity index (χ1) is 8.61. The molecular formula is C14H12Cl2N2. The van der Waals surface area contributed by atoms with Gasteiger partial charge in [-0.25, -0.2) is 4.98 Å². The van der Waals surface area contributed by atoms with Gasteiger partial charge in [-0.2, -0.15) is 0 Å². The number of nitrogens with one attached hydrogen (secondary N) is 1. The molecule has 0 aliphatic rings. The lowest BCUT2D eigenvalue weighted by Gasteiger charge is -2.09. The minimum Gasteiger partial charge on any atom is -0.347 e. The normalized spacial score (nSPS) is 10.2. The molecule has 2 rings (SSSR count). The number of nitrogens with zero attached hydrogens (tertiary/aromatic N) is 1. The monoisotopic (exact) mass is 278 g/mol. The number of benzene rings is 1. The van der Waals surface area contributed by atoms with Gasteiger partial charge in [-0.3, -0.25) is 0 Å². The Morgan fingerprint density at radius 1 is 1.28 bits per heavy atom. The summed E-state index contributed by atoms with van der Waals surface area (Å²) >= 11 is 12.1. The summed E-state index contributed by atoms with van der Waals surface area (Å²) in [5, 5.41) is 4.28. The van der Waals surface area contributed by atoms with Crippen LogP contribution in [0.5, 0.6) is 0 Å². The molecule has 0 fully saturated rings. The predicted molar refractivity (Wildman–Crippen MR) is 78.2 cm³/mol. The first-order valence-electron chi connectivity index (χ1n) is 5.41. The summed E-state index contributed by atoms with van der Waals surface area (Å²) in [7, 11) is 0. The van der Waals surface area contributed by atoms with Crippen molar-refractivity contribution in [1.29, 1.82) is 0 Å². The molecule has 0 aliphatic heterocycles. The summed E-state index contributed by atoms with van der Waals surface area (Å²) in [5.41, 5.74) is 2.84. The summed E-state index contributed by atoms with van der Waals surface area (Å²) in [6.07, 6.45) is 3.36. The van der Waals surface area contributed by atoms with E-state index in [1.165, 1.54) is 0 Å². The smallest absolute Gasteiger partial charge is 0.132 e. The van der Waals surface area contributed by atoms with E-state index in [1.807, 2.05) is 19.1 Å². The molecule has 4 heteroatoms. The number of aromatic nitrogens is 1. The molecule has 1 heterocycles. The van der Waals surface area contributed by atoms with Gasteiger partial charge in [0.25, 0.3) is 0 Å². The zero-order valence-electron chi connectivity index (χ0n) is 9.87. The Bertz CT molecular complexity index is 594. The molecule has 0 atom stereocenters. The lowest BCUT2D eigenvalue weighted by atomic mass is 10.1. The van der Waals surface area contributed by atoms with Gasteiger partial charge in [-0.1, -0.05) is 29.8 Å². The van der Waals surface area contributed by atoms with Crippen molar-refractivity contribution in [2.45, 2.75) is 6.92 Å². The maximum absolute atomic E-state index is 6.17. The largest absolute Gasteiger partial charge is 0.347 e. The lowest BCUT2D eigenvalue weighted by molar-refractivity contribution is 1.26. The average Bonchev–Trinajstić information content (AvgIpc) is 2.35. The van der Waals surface area contributed by atoms with Crippen LogP contribution in [0.4, 0.5) is 5.82 Å². The first kappa shape index (κ1) is 12.9. The molecule has 0 saturated heterocycles. The zero-order chi connectivity index (χ0) is 13.1. The van der Waals surface area contributed by atoms with Gasteiger partial charge in [0.2, 0.25) is 0 Å². The van der Waals surface area contributed by atoms with E-state index in [0.29, 0.717) is 10.0 Å². The Morgan fingerprint density at radius 3 is 2.72 bits per heavy atom. The van der Waals surface area contributed by atoms with Crippen LogP contribution in [0, 0.1) is 6.92 Å². The van der Waals surface area contributed by atoms with Crippen molar-refractivity contribution in [3.05, 3.63) is 58.8 Å². The molecule has 0 spiro atoms. The van der Waals surface area contributed by atoms with Crippen LogP contribution in [0.25, 0.3) is 11.1 Å². The van der Waals surface area contributed by atoms with Gasteiger partial charge < -0.3 is 5.32 Å². The standard InChI is InChI=1S/C14H12Cl2N2/c1-3-17-14-9(2)6-10(8-18-14)12-7-11(15)4-5-13(12)16/h3-8H,1H2,2H3,(H,17,18). The Kier molecular flexibility index (Phi) is 3.90. The fourth-order valence-electron chi connectivity index (χ4n) is 1.69. The van der Waals surface area contributed by atoms with Crippen LogP contribution in [0.2, 0.25) is 10.0 Å². The molecule has 2 aromatic rings. The van der Waals surface area contributed by atoms with Gasteiger partial charge in [0.15, 0.2) is 0 Å². The van der Waals surface area contributed by atoms with Crippen LogP contribution < -0.4 is 5.32 Å². The summed E-state index contributed by atoms with van der Waals surface area (Å²) in [5.74, 6) is 0.784. The summed E-state index contributed by atoms with van der Waals surface area (Å²) < 4.78 is 0. The summed E-state index contributed by atoms with van der Waals surface area (Å²) in [6, 6.07) is 7.39. The molecule has 0 aliphatic carbocycles. The van der Waals surface area contributed by atoms with Crippen molar-refractivity contribution in [3.63, 3.8) is 0 Å². The van der Waals surface area contributed by atoms with Crippen molar-refractivity contribution >= 4 is 29.0 Å². The molecule has 18 heavy (non-hydrogen) atoms. The van der Waals surface area contributed by atoms with E-state index < -0.39 is 0 Å². The Morgan fingerprint density at radius 2 is 2.06 bits per heavy atom. The van der Waals surface area contributed by atoms with Gasteiger partial charge in [0.1, 0.15) is 5.82 Å². The quantitative estimate of drug-likeness (QED) is 0.862. The van der Waals surface area contributed by atoms with Gasteiger partial charge in [0, 0.05) is 27.4 Å². The maximum Gasteiger partial charge on any atom is 0.132 e. The second-order valence-corrected chi connectivity index (χ2v) is 4.71. The maximum atomic E-state index is 6.17. The highest BCUT2D eigenvalue weighted by Gasteiger charge is 2.07. The van der Waals surface area contributed by atoms with Crippen molar-refractivity contribution < 1.29 is 0 Å². The van der Waals surface area contributed by atoms with E-state index >= 15 is 0 Å². The van der Waals surface area contributed by atoms with E-state index in [2.05, 4.69) is 16.9 Å². The highest BCUT2D eigenvalue weighted by atomic mass is 35.5. The molecule has 0 bridgehead atoms. The van der Waals surface area contributed by atoms with Crippen LogP contribution in [0.1, 0.15) is 5.56 Å². The number of pyridine rings is 1. The topological polar surface area (TPSA) is 24.9 Å². The number of rotatable bonds is 3. The number of anilines is 1. The molecular weight excluding hydrogens is 267 g/mol. The van der Waals surface area contributed by atoms with E-state index in [1.54, 1.807) is 24.5 Å². The van der Waals surface area contributed by atoms with Crippen LogP contribution in [0.3, 0.4) is 0 Å². The molecule has 2 nitrogen and oxygen atoms in total. The summed E-state index contributed by atoms with van der Waals surface area (Å²) in [4.78, 5) is 4.33. The first-order valence-corrected chi connectivity index (χ1v) is 6.17. The molecule has 1 N–H and O–H groups in total. The van der Waals surface area contributed by atoms with Gasteiger partial charge in [-0.05, 0) is 43.0 Å². The highest BCUT2D eigenvalue weighted by Crippen LogP contribution is 2.31. The van der Waals surface area contributed by atoms with Crippen LogP contribution in [-0.4, -0.2) is 4.98 Å². The molecule has 92 valence electrons. The number of hydrogen-bond acceptors (Lipinski definition) is 2. The highest BCUT2D eigenvalue weighted by molar-refractivity contribution is 6.35.